The monoisotopic (exact) mass is 1080 g/mol. The first kappa shape index (κ1) is 60.0. The lowest BCUT2D eigenvalue weighted by molar-refractivity contribution is -0.378. The SMILES string of the molecule is CC(C)=CCC[C@](C)(O[C@H]1O[C@H](CO[C@H]2OC[C@@H](O)[C@H](O)[C@H]2O)[C@@H](O)[C@H](O)[C@H]1O)[C@H]1CC[C@]2(C)[C@@H]1[C@H](O)C[C@@H]1[C@@]3(C)CC[C@H](O[C@H]4O[C@H](CO)[C@@H](O)[C@H](O)[C@H]4O[C@H]4O[C@@H](CO)[C@H](O)[C@@H](O)[C@@H]4O)C(C)(C)[C@H]3CC[C@]12C. The van der Waals surface area contributed by atoms with Gasteiger partial charge in [-0.15, -0.1) is 0 Å². The predicted octanol–water partition coefficient (Wildman–Crippen LogP) is -1.56. The van der Waals surface area contributed by atoms with Crippen LogP contribution in [0.3, 0.4) is 0 Å². The number of rotatable bonds is 15. The highest BCUT2D eigenvalue weighted by Gasteiger charge is 2.72. The molecule has 0 aromatic heterocycles. The van der Waals surface area contributed by atoms with E-state index in [0.717, 1.165) is 24.8 Å². The molecule has 8 fully saturated rings. The minimum absolute atomic E-state index is 0.0508. The van der Waals surface area contributed by atoms with Crippen LogP contribution in [-0.4, -0.2) is 232 Å². The number of fused-ring (bicyclic) bond motifs is 5. The Bertz CT molecular complexity index is 1940. The third-order valence-electron chi connectivity index (χ3n) is 20.5. The minimum atomic E-state index is -1.81. The number of hydrogen-bond acceptors (Lipinski definition) is 22. The summed E-state index contributed by atoms with van der Waals surface area (Å²) in [4.78, 5) is 0. The molecule has 14 N–H and O–H groups in total. The fourth-order valence-corrected chi connectivity index (χ4v) is 16.0. The number of aliphatic hydroxyl groups excluding tert-OH is 14. The molecule has 0 amide bonds. The molecule has 4 saturated carbocycles. The number of allylic oxidation sites excluding steroid dienone is 2. The van der Waals surface area contributed by atoms with Crippen LogP contribution in [0.2, 0.25) is 0 Å². The van der Waals surface area contributed by atoms with Gasteiger partial charge in [0.2, 0.25) is 0 Å². The molecule has 0 unspecified atom stereocenters. The van der Waals surface area contributed by atoms with Gasteiger partial charge in [-0.2, -0.15) is 0 Å². The normalized spacial score (nSPS) is 52.7. The lowest BCUT2D eigenvalue weighted by atomic mass is 9.35. The Morgan fingerprint density at radius 2 is 1.16 bits per heavy atom. The molecular formula is C53H90O22. The first-order chi connectivity index (χ1) is 35.1. The summed E-state index contributed by atoms with van der Waals surface area (Å²) in [5.74, 6) is -0.395. The molecule has 29 atom stereocenters. The van der Waals surface area contributed by atoms with Crippen LogP contribution in [-0.2, 0) is 37.9 Å². The average molecular weight is 1080 g/mol. The van der Waals surface area contributed by atoms with Crippen molar-refractivity contribution in [3.8, 4) is 0 Å². The Labute approximate surface area is 439 Å². The van der Waals surface area contributed by atoms with Gasteiger partial charge in [0.15, 0.2) is 25.2 Å². The summed E-state index contributed by atoms with van der Waals surface area (Å²) in [5.41, 5.74) is -1.48. The van der Waals surface area contributed by atoms with E-state index in [2.05, 4.69) is 40.7 Å². The highest BCUT2D eigenvalue weighted by molar-refractivity contribution is 5.20. The molecule has 0 spiro atoms. The van der Waals surface area contributed by atoms with E-state index in [1.54, 1.807) is 0 Å². The van der Waals surface area contributed by atoms with Gasteiger partial charge in [0.05, 0.1) is 44.2 Å². The van der Waals surface area contributed by atoms with Crippen molar-refractivity contribution in [2.45, 2.75) is 248 Å². The van der Waals surface area contributed by atoms with Crippen molar-refractivity contribution in [2.75, 3.05) is 26.4 Å². The second kappa shape index (κ2) is 22.7. The highest BCUT2D eigenvalue weighted by atomic mass is 16.8. The van der Waals surface area contributed by atoms with E-state index in [9.17, 15) is 71.5 Å². The maximum absolute atomic E-state index is 12.8. The molecule has 22 heteroatoms. The molecule has 0 aromatic rings. The Kier molecular flexibility index (Phi) is 18.1. The van der Waals surface area contributed by atoms with Crippen molar-refractivity contribution in [3.05, 3.63) is 11.6 Å². The Morgan fingerprint density at radius 1 is 0.587 bits per heavy atom. The summed E-state index contributed by atoms with van der Waals surface area (Å²) in [5, 5.41) is 151. The van der Waals surface area contributed by atoms with E-state index < -0.39 is 165 Å². The Morgan fingerprint density at radius 3 is 1.80 bits per heavy atom. The summed E-state index contributed by atoms with van der Waals surface area (Å²) in [6, 6.07) is 0. The molecule has 0 radical (unpaired) electrons. The molecule has 8 rings (SSSR count). The van der Waals surface area contributed by atoms with Crippen molar-refractivity contribution in [1.29, 1.82) is 0 Å². The van der Waals surface area contributed by atoms with E-state index in [0.29, 0.717) is 38.5 Å². The molecule has 75 heavy (non-hydrogen) atoms. The second-order valence-corrected chi connectivity index (χ2v) is 25.3. The summed E-state index contributed by atoms with van der Waals surface area (Å²) in [7, 11) is 0. The van der Waals surface area contributed by atoms with Gasteiger partial charge in [-0.05, 0) is 124 Å². The van der Waals surface area contributed by atoms with Gasteiger partial charge in [0.1, 0.15) is 91.6 Å². The summed E-state index contributed by atoms with van der Waals surface area (Å²) >= 11 is 0. The van der Waals surface area contributed by atoms with E-state index in [-0.39, 0.29) is 41.1 Å². The van der Waals surface area contributed by atoms with Crippen LogP contribution >= 0.6 is 0 Å². The van der Waals surface area contributed by atoms with Gasteiger partial charge in [-0.3, -0.25) is 0 Å². The zero-order valence-corrected chi connectivity index (χ0v) is 44.7. The van der Waals surface area contributed by atoms with Crippen LogP contribution in [0.15, 0.2) is 11.6 Å². The number of ether oxygens (including phenoxy) is 8. The third kappa shape index (κ3) is 10.6. The lowest BCUT2D eigenvalue weighted by Crippen LogP contribution is -2.68. The molecule has 4 aliphatic heterocycles. The zero-order chi connectivity index (χ0) is 55.1. The minimum Gasteiger partial charge on any atom is -0.394 e. The summed E-state index contributed by atoms with van der Waals surface area (Å²) in [6.07, 6.45) is -22.6. The largest absolute Gasteiger partial charge is 0.394 e. The van der Waals surface area contributed by atoms with Crippen molar-refractivity contribution >= 4 is 0 Å². The second-order valence-electron chi connectivity index (χ2n) is 25.3. The standard InChI is InChI=1S/C53H90O22/c1-23(2)10-9-14-53(8,75-47-43(67)39(63)37(61)29(72-47)22-69-45-41(65)34(58)26(57)21-68-45)24-11-16-52(7)33(24)25(56)18-31-50(5)15-13-32(49(3,4)30(50)12-17-51(31,52)6)73-48-44(40(64)36(60)28(20-55)71-48)74-46-42(66)38(62)35(59)27(19-54)70-46/h10,24-48,54-67H,9,11-22H2,1-8H3/t24-,25+,26+,27-,28+,29+,30+,31+,32-,33-,34-,35-,36+,37+,38+,39-,40-,41+,42-,43+,44+,45+,46+,47+,48+,50-,51+,52+,53-/m0/s1. The molecule has 0 bridgehead atoms. The van der Waals surface area contributed by atoms with Gasteiger partial charge < -0.3 is 109 Å². The van der Waals surface area contributed by atoms with Crippen LogP contribution < -0.4 is 0 Å². The maximum atomic E-state index is 12.8. The number of aliphatic hydroxyl groups is 14. The number of hydrogen-bond donors (Lipinski definition) is 14. The topological polar surface area (TPSA) is 357 Å². The molecule has 0 aromatic carbocycles. The first-order valence-corrected chi connectivity index (χ1v) is 27.3. The smallest absolute Gasteiger partial charge is 0.187 e. The first-order valence-electron chi connectivity index (χ1n) is 27.3. The molecule has 8 aliphatic rings. The predicted molar refractivity (Wildman–Crippen MR) is 260 cm³/mol. The van der Waals surface area contributed by atoms with Crippen LogP contribution in [0.1, 0.15) is 113 Å². The molecule has 22 nitrogen and oxygen atoms in total. The van der Waals surface area contributed by atoms with E-state index in [4.69, 9.17) is 37.9 Å². The van der Waals surface area contributed by atoms with Gasteiger partial charge in [-0.1, -0.05) is 46.3 Å². The van der Waals surface area contributed by atoms with Gasteiger partial charge in [0.25, 0.3) is 0 Å². The quantitative estimate of drug-likeness (QED) is 0.0651. The van der Waals surface area contributed by atoms with E-state index in [1.165, 1.54) is 0 Å². The summed E-state index contributed by atoms with van der Waals surface area (Å²) in [6.45, 7) is 15.1. The van der Waals surface area contributed by atoms with Gasteiger partial charge in [-0.25, -0.2) is 0 Å². The summed E-state index contributed by atoms with van der Waals surface area (Å²) < 4.78 is 48.8. The Hall–Kier alpha value is -1.14. The lowest BCUT2D eigenvalue weighted by Gasteiger charge is -2.71. The van der Waals surface area contributed by atoms with Crippen molar-refractivity contribution in [3.63, 3.8) is 0 Å². The maximum Gasteiger partial charge on any atom is 0.187 e. The van der Waals surface area contributed by atoms with Crippen LogP contribution in [0.5, 0.6) is 0 Å². The van der Waals surface area contributed by atoms with Crippen LogP contribution in [0, 0.1) is 45.3 Å². The molecule has 4 aliphatic carbocycles. The molecule has 4 saturated heterocycles. The average Bonchev–Trinajstić information content (AvgIpc) is 3.75. The molecule has 434 valence electrons. The van der Waals surface area contributed by atoms with Crippen molar-refractivity contribution < 1.29 is 109 Å². The van der Waals surface area contributed by atoms with Crippen LogP contribution in [0.25, 0.3) is 0 Å². The van der Waals surface area contributed by atoms with Gasteiger partial charge >= 0.3 is 0 Å². The fourth-order valence-electron chi connectivity index (χ4n) is 16.0. The molecular weight excluding hydrogens is 989 g/mol. The fraction of sp³-hybridized carbons (Fsp3) is 0.962. The van der Waals surface area contributed by atoms with E-state index in [1.807, 2.05) is 20.8 Å². The molecule has 4 heterocycles. The van der Waals surface area contributed by atoms with Gasteiger partial charge in [0, 0.05) is 0 Å². The van der Waals surface area contributed by atoms with Crippen molar-refractivity contribution in [1.82, 2.24) is 0 Å². The van der Waals surface area contributed by atoms with Crippen LogP contribution in [0.4, 0.5) is 0 Å². The van der Waals surface area contributed by atoms with E-state index >= 15 is 0 Å². The zero-order valence-electron chi connectivity index (χ0n) is 44.7. The third-order valence-corrected chi connectivity index (χ3v) is 20.5. The highest BCUT2D eigenvalue weighted by Crippen LogP contribution is 2.76. The van der Waals surface area contributed by atoms with Crippen molar-refractivity contribution in [2.24, 2.45) is 45.3 Å². The Balaban J connectivity index is 1.01.